The lowest BCUT2D eigenvalue weighted by atomic mass is 10.1. The number of methoxy groups -OCH3 is 2. The Morgan fingerprint density at radius 2 is 1.86 bits per heavy atom. The highest BCUT2D eigenvalue weighted by molar-refractivity contribution is 5.76. The number of hydrogen-bond donors (Lipinski definition) is 1. The minimum atomic E-state index is 0.756. The molecule has 0 aliphatic carbocycles. The van der Waals surface area contributed by atoms with Gasteiger partial charge < -0.3 is 19.7 Å². The van der Waals surface area contributed by atoms with Crippen molar-refractivity contribution in [2.24, 2.45) is 0 Å². The van der Waals surface area contributed by atoms with Crippen molar-refractivity contribution >= 4 is 11.4 Å². The molecule has 3 rings (SSSR count). The molecule has 0 saturated heterocycles. The van der Waals surface area contributed by atoms with Gasteiger partial charge in [0.1, 0.15) is 0 Å². The van der Waals surface area contributed by atoms with Crippen molar-refractivity contribution in [3.05, 3.63) is 47.5 Å². The molecule has 0 spiro atoms. The number of ether oxygens (including phenoxy) is 2. The van der Waals surface area contributed by atoms with E-state index in [1.807, 2.05) is 6.07 Å². The molecule has 0 bridgehead atoms. The van der Waals surface area contributed by atoms with E-state index in [0.29, 0.717) is 0 Å². The SMILES string of the molecule is COc1cc2c(cc1OC)N(Cc1cccc(C)c1)CCN2. The Hall–Kier alpha value is -2.36. The van der Waals surface area contributed by atoms with E-state index in [-0.39, 0.29) is 0 Å². The molecular weight excluding hydrogens is 276 g/mol. The lowest BCUT2D eigenvalue weighted by Crippen LogP contribution is -2.33. The predicted molar refractivity (Wildman–Crippen MR) is 90.3 cm³/mol. The molecule has 2 aromatic rings. The average Bonchev–Trinajstić information content (AvgIpc) is 2.54. The van der Waals surface area contributed by atoms with Crippen molar-refractivity contribution in [1.29, 1.82) is 0 Å². The third-order valence-corrected chi connectivity index (χ3v) is 4.00. The maximum absolute atomic E-state index is 5.44. The summed E-state index contributed by atoms with van der Waals surface area (Å²) in [6.45, 7) is 4.92. The number of fused-ring (bicyclic) bond motifs is 1. The molecule has 1 heterocycles. The van der Waals surface area contributed by atoms with Crippen molar-refractivity contribution in [2.75, 3.05) is 37.5 Å². The number of hydrogen-bond acceptors (Lipinski definition) is 4. The van der Waals surface area contributed by atoms with Gasteiger partial charge in [-0.3, -0.25) is 0 Å². The molecule has 4 heteroatoms. The number of anilines is 2. The van der Waals surface area contributed by atoms with Crippen LogP contribution in [-0.4, -0.2) is 27.3 Å². The van der Waals surface area contributed by atoms with Crippen molar-refractivity contribution in [1.82, 2.24) is 0 Å². The molecule has 0 aromatic heterocycles. The molecule has 0 amide bonds. The second-order valence-corrected chi connectivity index (χ2v) is 5.56. The molecule has 0 saturated carbocycles. The Kier molecular flexibility index (Phi) is 4.09. The third-order valence-electron chi connectivity index (χ3n) is 4.00. The Bertz CT molecular complexity index is 670. The zero-order valence-electron chi connectivity index (χ0n) is 13.3. The fourth-order valence-electron chi connectivity index (χ4n) is 2.91. The van der Waals surface area contributed by atoms with Gasteiger partial charge in [-0.25, -0.2) is 0 Å². The molecular formula is C18H22N2O2. The van der Waals surface area contributed by atoms with E-state index in [2.05, 4.69) is 47.5 Å². The molecule has 116 valence electrons. The predicted octanol–water partition coefficient (Wildman–Crippen LogP) is 3.44. The zero-order valence-corrected chi connectivity index (χ0v) is 13.3. The van der Waals surface area contributed by atoms with Crippen LogP contribution in [0, 0.1) is 6.92 Å². The van der Waals surface area contributed by atoms with E-state index in [1.165, 1.54) is 11.1 Å². The largest absolute Gasteiger partial charge is 0.493 e. The summed E-state index contributed by atoms with van der Waals surface area (Å²) in [6, 6.07) is 12.7. The Morgan fingerprint density at radius 1 is 1.09 bits per heavy atom. The number of nitrogens with one attached hydrogen (secondary N) is 1. The second-order valence-electron chi connectivity index (χ2n) is 5.56. The summed E-state index contributed by atoms with van der Waals surface area (Å²) < 4.78 is 10.8. The van der Waals surface area contributed by atoms with E-state index in [9.17, 15) is 0 Å². The fraction of sp³-hybridized carbons (Fsp3) is 0.333. The molecule has 0 radical (unpaired) electrons. The molecule has 1 aliphatic rings. The Balaban J connectivity index is 1.93. The average molecular weight is 298 g/mol. The molecule has 1 aliphatic heterocycles. The molecule has 0 fully saturated rings. The van der Waals surface area contributed by atoms with Gasteiger partial charge in [0.2, 0.25) is 0 Å². The van der Waals surface area contributed by atoms with E-state index in [1.54, 1.807) is 14.2 Å². The van der Waals surface area contributed by atoms with Gasteiger partial charge in [-0.2, -0.15) is 0 Å². The lowest BCUT2D eigenvalue weighted by Gasteiger charge is -2.33. The van der Waals surface area contributed by atoms with Crippen LogP contribution in [0.3, 0.4) is 0 Å². The van der Waals surface area contributed by atoms with E-state index in [4.69, 9.17) is 9.47 Å². The highest BCUT2D eigenvalue weighted by Gasteiger charge is 2.20. The highest BCUT2D eigenvalue weighted by atomic mass is 16.5. The number of nitrogens with zero attached hydrogens (tertiary/aromatic N) is 1. The van der Waals surface area contributed by atoms with Crippen molar-refractivity contribution in [3.63, 3.8) is 0 Å². The van der Waals surface area contributed by atoms with Gasteiger partial charge in [0, 0.05) is 31.8 Å². The Morgan fingerprint density at radius 3 is 2.59 bits per heavy atom. The van der Waals surface area contributed by atoms with Crippen LogP contribution in [-0.2, 0) is 6.54 Å². The molecule has 2 aromatic carbocycles. The normalized spacial score (nSPS) is 13.3. The Labute approximate surface area is 131 Å². The van der Waals surface area contributed by atoms with Crippen LogP contribution < -0.4 is 19.7 Å². The summed E-state index contributed by atoms with van der Waals surface area (Å²) in [5, 5.41) is 3.44. The molecule has 0 unspecified atom stereocenters. The highest BCUT2D eigenvalue weighted by Crippen LogP contribution is 2.40. The number of benzene rings is 2. The smallest absolute Gasteiger partial charge is 0.162 e. The molecule has 1 N–H and O–H groups in total. The summed E-state index contributed by atoms with van der Waals surface area (Å²) in [4.78, 5) is 2.38. The molecule has 0 atom stereocenters. The summed E-state index contributed by atoms with van der Waals surface area (Å²) in [5.41, 5.74) is 4.87. The summed E-state index contributed by atoms with van der Waals surface area (Å²) in [6.07, 6.45) is 0. The van der Waals surface area contributed by atoms with Crippen LogP contribution in [0.1, 0.15) is 11.1 Å². The quantitative estimate of drug-likeness (QED) is 0.937. The fourth-order valence-corrected chi connectivity index (χ4v) is 2.91. The molecule has 22 heavy (non-hydrogen) atoms. The third kappa shape index (κ3) is 2.82. The van der Waals surface area contributed by atoms with Crippen LogP contribution in [0.4, 0.5) is 11.4 Å². The lowest BCUT2D eigenvalue weighted by molar-refractivity contribution is 0.355. The molecule has 4 nitrogen and oxygen atoms in total. The van der Waals surface area contributed by atoms with Gasteiger partial charge >= 0.3 is 0 Å². The van der Waals surface area contributed by atoms with Gasteiger partial charge in [0.05, 0.1) is 25.6 Å². The number of rotatable bonds is 4. The van der Waals surface area contributed by atoms with Crippen molar-refractivity contribution < 1.29 is 9.47 Å². The standard InChI is InChI=1S/C18H22N2O2/c1-13-5-4-6-14(9-13)12-20-8-7-19-15-10-17(21-2)18(22-3)11-16(15)20/h4-6,9-11,19H,7-8,12H2,1-3H3. The maximum Gasteiger partial charge on any atom is 0.162 e. The minimum absolute atomic E-state index is 0.756. The van der Waals surface area contributed by atoms with Crippen molar-refractivity contribution in [3.8, 4) is 11.5 Å². The summed E-state index contributed by atoms with van der Waals surface area (Å²) in [7, 11) is 3.34. The first kappa shape index (κ1) is 14.6. The van der Waals surface area contributed by atoms with Crippen LogP contribution in [0.5, 0.6) is 11.5 Å². The van der Waals surface area contributed by atoms with Crippen LogP contribution in [0.25, 0.3) is 0 Å². The monoisotopic (exact) mass is 298 g/mol. The van der Waals surface area contributed by atoms with E-state index < -0.39 is 0 Å². The van der Waals surface area contributed by atoms with E-state index in [0.717, 1.165) is 42.5 Å². The first-order valence-electron chi connectivity index (χ1n) is 7.51. The van der Waals surface area contributed by atoms with Gasteiger partial charge in [-0.1, -0.05) is 29.8 Å². The van der Waals surface area contributed by atoms with Crippen molar-refractivity contribution in [2.45, 2.75) is 13.5 Å². The van der Waals surface area contributed by atoms with Gasteiger partial charge in [-0.05, 0) is 12.5 Å². The topological polar surface area (TPSA) is 33.7 Å². The van der Waals surface area contributed by atoms with Gasteiger partial charge in [0.25, 0.3) is 0 Å². The first-order valence-corrected chi connectivity index (χ1v) is 7.51. The minimum Gasteiger partial charge on any atom is -0.493 e. The van der Waals surface area contributed by atoms with Crippen LogP contribution >= 0.6 is 0 Å². The van der Waals surface area contributed by atoms with Crippen LogP contribution in [0.2, 0.25) is 0 Å². The summed E-state index contributed by atoms with van der Waals surface area (Å²) in [5.74, 6) is 1.52. The van der Waals surface area contributed by atoms with Gasteiger partial charge in [-0.15, -0.1) is 0 Å². The van der Waals surface area contributed by atoms with Crippen LogP contribution in [0.15, 0.2) is 36.4 Å². The zero-order chi connectivity index (χ0) is 15.5. The second kappa shape index (κ2) is 6.18. The van der Waals surface area contributed by atoms with Gasteiger partial charge in [0.15, 0.2) is 11.5 Å². The first-order chi connectivity index (χ1) is 10.7. The number of aryl methyl sites for hydroxylation is 1. The maximum atomic E-state index is 5.44. The summed E-state index contributed by atoms with van der Waals surface area (Å²) >= 11 is 0. The van der Waals surface area contributed by atoms with E-state index >= 15 is 0 Å².